The van der Waals surface area contributed by atoms with Crippen molar-refractivity contribution in [3.8, 4) is 0 Å². The van der Waals surface area contributed by atoms with Gasteiger partial charge in [0.25, 0.3) is 0 Å². The van der Waals surface area contributed by atoms with E-state index in [0.717, 1.165) is 43.0 Å². The maximum Gasteiger partial charge on any atom is 0.337 e. The second-order valence-corrected chi connectivity index (χ2v) is 10.7. The van der Waals surface area contributed by atoms with E-state index in [2.05, 4.69) is 10.2 Å². The predicted molar refractivity (Wildman–Crippen MR) is 123 cm³/mol. The average Bonchev–Trinajstić information content (AvgIpc) is 3.20. The van der Waals surface area contributed by atoms with Crippen molar-refractivity contribution in [2.45, 2.75) is 45.1 Å². The Kier molecular flexibility index (Phi) is 6.16. The van der Waals surface area contributed by atoms with Crippen molar-refractivity contribution in [2.24, 2.45) is 23.2 Å². The van der Waals surface area contributed by atoms with Crippen LogP contribution in [0.4, 0.5) is 0 Å². The number of esters is 1. The molecule has 2 atom stereocenters. The Labute approximate surface area is 195 Å². The highest BCUT2D eigenvalue weighted by Crippen LogP contribution is 2.66. The Bertz CT molecular complexity index is 910. The van der Waals surface area contributed by atoms with Crippen LogP contribution >= 0.6 is 0 Å². The molecule has 4 bridgehead atoms. The van der Waals surface area contributed by atoms with Gasteiger partial charge in [0.15, 0.2) is 0 Å². The zero-order valence-electron chi connectivity index (χ0n) is 19.6. The molecule has 5 aliphatic rings. The first-order valence-electron chi connectivity index (χ1n) is 12.4. The first-order valence-corrected chi connectivity index (χ1v) is 12.4. The first-order chi connectivity index (χ1) is 15.9. The summed E-state index contributed by atoms with van der Waals surface area (Å²) in [5.41, 5.74) is 1.84. The van der Waals surface area contributed by atoms with Crippen LogP contribution in [-0.2, 0) is 20.9 Å². The molecule has 6 rings (SSSR count). The summed E-state index contributed by atoms with van der Waals surface area (Å²) >= 11 is 0. The zero-order valence-corrected chi connectivity index (χ0v) is 19.6. The van der Waals surface area contributed by atoms with Gasteiger partial charge in [-0.3, -0.25) is 14.5 Å². The Morgan fingerprint density at radius 2 is 1.79 bits per heavy atom. The standard InChI is InChI=1S/C26H35N3O4/c1-33-25(32)21-4-2-3-18(10-21)17-28-5-7-29(8-6-28)24(31)16-27-23(30)15-26-13-19-9-20(14-26)12-22(26)11-19/h2-4,10,19-20,22H,5-9,11-17H2,1H3,(H,27,30). The van der Waals surface area contributed by atoms with Crippen LogP contribution in [-0.4, -0.2) is 67.4 Å². The molecular weight excluding hydrogens is 418 g/mol. The summed E-state index contributed by atoms with van der Waals surface area (Å²) in [5, 5.41) is 2.93. The van der Waals surface area contributed by atoms with E-state index < -0.39 is 0 Å². The number of methoxy groups -OCH3 is 1. The number of nitrogens with one attached hydrogen (secondary N) is 1. The van der Waals surface area contributed by atoms with Gasteiger partial charge in [-0.25, -0.2) is 4.79 Å². The number of benzene rings is 1. The summed E-state index contributed by atoms with van der Waals surface area (Å²) in [7, 11) is 1.38. The van der Waals surface area contributed by atoms with Crippen LogP contribution in [0, 0.1) is 23.2 Å². The minimum atomic E-state index is -0.331. The lowest BCUT2D eigenvalue weighted by Gasteiger charge is -2.35. The van der Waals surface area contributed by atoms with E-state index in [1.165, 1.54) is 39.2 Å². The lowest BCUT2D eigenvalue weighted by atomic mass is 9.73. The Morgan fingerprint density at radius 3 is 2.48 bits per heavy atom. The number of rotatable bonds is 7. The molecule has 1 aromatic carbocycles. The summed E-state index contributed by atoms with van der Waals surface area (Å²) in [6.07, 6.45) is 7.07. The van der Waals surface area contributed by atoms with Crippen molar-refractivity contribution in [3.63, 3.8) is 0 Å². The predicted octanol–water partition coefficient (Wildman–Crippen LogP) is 2.45. The van der Waals surface area contributed by atoms with E-state index in [0.29, 0.717) is 25.1 Å². The van der Waals surface area contributed by atoms with Gasteiger partial charge in [-0.05, 0) is 73.0 Å². The van der Waals surface area contributed by atoms with Crippen LogP contribution in [0.1, 0.15) is 54.4 Å². The maximum atomic E-state index is 12.7. The van der Waals surface area contributed by atoms with E-state index in [9.17, 15) is 14.4 Å². The normalized spacial score (nSPS) is 30.5. The highest BCUT2D eigenvalue weighted by molar-refractivity contribution is 5.89. The van der Waals surface area contributed by atoms with Crippen molar-refractivity contribution < 1.29 is 19.1 Å². The van der Waals surface area contributed by atoms with E-state index in [1.807, 2.05) is 23.1 Å². The number of nitrogens with zero attached hydrogens (tertiary/aromatic N) is 2. The SMILES string of the molecule is COC(=O)c1cccc(CN2CCN(C(=O)CNC(=O)CC34CC5CC(CC3C5)C4)CC2)c1. The zero-order chi connectivity index (χ0) is 23.0. The molecule has 0 radical (unpaired) electrons. The summed E-state index contributed by atoms with van der Waals surface area (Å²) in [6.45, 7) is 3.69. The molecule has 7 nitrogen and oxygen atoms in total. The van der Waals surface area contributed by atoms with Gasteiger partial charge >= 0.3 is 5.97 Å². The summed E-state index contributed by atoms with van der Waals surface area (Å²) in [5.74, 6) is 2.16. The van der Waals surface area contributed by atoms with Gasteiger partial charge in [0.05, 0.1) is 19.2 Å². The lowest BCUT2D eigenvalue weighted by Crippen LogP contribution is -2.51. The molecule has 0 aromatic heterocycles. The molecule has 1 aromatic rings. The molecule has 4 aliphatic carbocycles. The van der Waals surface area contributed by atoms with Crippen LogP contribution in [0.3, 0.4) is 0 Å². The number of ether oxygens (including phenoxy) is 1. The fourth-order valence-corrected chi connectivity index (χ4v) is 7.25. The molecule has 1 N–H and O–H groups in total. The second kappa shape index (κ2) is 9.09. The number of piperazine rings is 1. The molecule has 2 unspecified atom stereocenters. The van der Waals surface area contributed by atoms with Crippen molar-refractivity contribution in [1.29, 1.82) is 0 Å². The molecule has 178 valence electrons. The molecule has 1 heterocycles. The number of carbonyl (C=O) groups excluding carboxylic acids is 3. The van der Waals surface area contributed by atoms with Crippen molar-refractivity contribution >= 4 is 17.8 Å². The van der Waals surface area contributed by atoms with Gasteiger partial charge in [0, 0.05) is 39.1 Å². The molecule has 4 saturated carbocycles. The van der Waals surface area contributed by atoms with Gasteiger partial charge in [-0.1, -0.05) is 12.1 Å². The summed E-state index contributed by atoms with van der Waals surface area (Å²) < 4.78 is 4.80. The number of amides is 2. The fourth-order valence-electron chi connectivity index (χ4n) is 7.25. The molecule has 5 fully saturated rings. The van der Waals surface area contributed by atoms with Crippen LogP contribution < -0.4 is 5.32 Å². The monoisotopic (exact) mass is 453 g/mol. The molecule has 7 heteroatoms. The highest BCUT2D eigenvalue weighted by atomic mass is 16.5. The number of carbonyl (C=O) groups is 3. The largest absolute Gasteiger partial charge is 0.465 e. The molecule has 33 heavy (non-hydrogen) atoms. The fraction of sp³-hybridized carbons (Fsp3) is 0.654. The number of hydrogen-bond acceptors (Lipinski definition) is 5. The van der Waals surface area contributed by atoms with Crippen LogP contribution in [0.2, 0.25) is 0 Å². The Morgan fingerprint density at radius 1 is 1.06 bits per heavy atom. The summed E-state index contributed by atoms with van der Waals surface area (Å²) in [4.78, 5) is 41.2. The third kappa shape index (κ3) is 4.65. The van der Waals surface area contributed by atoms with Crippen molar-refractivity contribution in [1.82, 2.24) is 15.1 Å². The highest BCUT2D eigenvalue weighted by Gasteiger charge is 2.57. The topological polar surface area (TPSA) is 79.0 Å². The maximum absolute atomic E-state index is 12.7. The Balaban J connectivity index is 1.05. The van der Waals surface area contributed by atoms with Gasteiger partial charge in [-0.2, -0.15) is 0 Å². The smallest absolute Gasteiger partial charge is 0.337 e. The quantitative estimate of drug-likeness (QED) is 0.642. The Hall–Kier alpha value is -2.41. The summed E-state index contributed by atoms with van der Waals surface area (Å²) in [6, 6.07) is 7.48. The van der Waals surface area contributed by atoms with Crippen LogP contribution in [0.15, 0.2) is 24.3 Å². The van der Waals surface area contributed by atoms with Crippen molar-refractivity contribution in [3.05, 3.63) is 35.4 Å². The molecular formula is C26H35N3O4. The minimum absolute atomic E-state index is 0.00503. The van der Waals surface area contributed by atoms with Crippen LogP contribution in [0.25, 0.3) is 0 Å². The van der Waals surface area contributed by atoms with E-state index in [1.54, 1.807) is 6.07 Å². The van der Waals surface area contributed by atoms with Gasteiger partial charge in [-0.15, -0.1) is 0 Å². The first kappa shape index (κ1) is 22.4. The van der Waals surface area contributed by atoms with Gasteiger partial charge < -0.3 is 15.0 Å². The van der Waals surface area contributed by atoms with E-state index in [-0.39, 0.29) is 29.7 Å². The van der Waals surface area contributed by atoms with Gasteiger partial charge in [0.2, 0.25) is 11.8 Å². The van der Waals surface area contributed by atoms with Crippen LogP contribution in [0.5, 0.6) is 0 Å². The van der Waals surface area contributed by atoms with Gasteiger partial charge in [0.1, 0.15) is 0 Å². The second-order valence-electron chi connectivity index (χ2n) is 10.7. The minimum Gasteiger partial charge on any atom is -0.465 e. The van der Waals surface area contributed by atoms with E-state index in [4.69, 9.17) is 4.74 Å². The molecule has 1 aliphatic heterocycles. The number of hydrogen-bond donors (Lipinski definition) is 1. The lowest BCUT2D eigenvalue weighted by molar-refractivity contribution is -0.135. The molecule has 2 amide bonds. The van der Waals surface area contributed by atoms with E-state index >= 15 is 0 Å². The van der Waals surface area contributed by atoms with Crippen molar-refractivity contribution in [2.75, 3.05) is 39.8 Å². The molecule has 1 saturated heterocycles. The third-order valence-electron chi connectivity index (χ3n) is 8.59. The average molecular weight is 454 g/mol. The molecule has 0 spiro atoms. The third-order valence-corrected chi connectivity index (χ3v) is 8.59.